The number of nitrogens with zero attached hydrogens (tertiary/aromatic N) is 1. The van der Waals surface area contributed by atoms with Crippen LogP contribution in [0.3, 0.4) is 0 Å². The first-order valence-corrected chi connectivity index (χ1v) is 6.44. The monoisotopic (exact) mass is 278 g/mol. The highest BCUT2D eigenvalue weighted by Crippen LogP contribution is 2.43. The summed E-state index contributed by atoms with van der Waals surface area (Å²) in [7, 11) is 0. The summed E-state index contributed by atoms with van der Waals surface area (Å²) in [6.07, 6.45) is 3.19. The summed E-state index contributed by atoms with van der Waals surface area (Å²) in [6.45, 7) is 2.08. The van der Waals surface area contributed by atoms with Crippen LogP contribution in [-0.2, 0) is 0 Å². The Balaban J connectivity index is 2.17. The van der Waals surface area contributed by atoms with Crippen LogP contribution in [-0.4, -0.2) is 5.54 Å². The van der Waals surface area contributed by atoms with Crippen molar-refractivity contribution in [3.05, 3.63) is 28.7 Å². The van der Waals surface area contributed by atoms with Crippen molar-refractivity contribution in [1.29, 1.82) is 5.26 Å². The number of nitriles is 1. The van der Waals surface area contributed by atoms with Gasteiger partial charge in [-0.25, -0.2) is 0 Å². The van der Waals surface area contributed by atoms with Gasteiger partial charge in [0.15, 0.2) is 0 Å². The van der Waals surface area contributed by atoms with Crippen molar-refractivity contribution in [2.24, 2.45) is 5.92 Å². The molecule has 1 unspecified atom stereocenters. The molecule has 1 aromatic rings. The van der Waals surface area contributed by atoms with Crippen molar-refractivity contribution in [3.8, 4) is 6.07 Å². The van der Waals surface area contributed by atoms with E-state index in [2.05, 4.69) is 34.2 Å². The fourth-order valence-corrected chi connectivity index (χ4v) is 2.31. The normalized spacial score (nSPS) is 18.6. The van der Waals surface area contributed by atoms with Crippen LogP contribution in [0.25, 0.3) is 0 Å². The number of hydrogen-bond acceptors (Lipinski definition) is 2. The van der Waals surface area contributed by atoms with E-state index in [1.54, 1.807) is 0 Å². The lowest BCUT2D eigenvalue weighted by atomic mass is 9.91. The van der Waals surface area contributed by atoms with E-state index in [9.17, 15) is 5.26 Å². The lowest BCUT2D eigenvalue weighted by Crippen LogP contribution is -2.38. The summed E-state index contributed by atoms with van der Waals surface area (Å²) >= 11 is 3.41. The third kappa shape index (κ3) is 2.22. The number of benzene rings is 1. The molecule has 2 rings (SSSR count). The number of halogens is 1. The van der Waals surface area contributed by atoms with E-state index in [4.69, 9.17) is 0 Å². The van der Waals surface area contributed by atoms with Crippen molar-refractivity contribution in [1.82, 2.24) is 0 Å². The Morgan fingerprint density at radius 3 is 2.50 bits per heavy atom. The van der Waals surface area contributed by atoms with E-state index in [1.807, 2.05) is 24.3 Å². The largest absolute Gasteiger partial charge is 0.367 e. The van der Waals surface area contributed by atoms with Crippen LogP contribution in [0.4, 0.5) is 5.69 Å². The zero-order valence-electron chi connectivity index (χ0n) is 9.33. The lowest BCUT2D eigenvalue weighted by Gasteiger charge is -2.27. The van der Waals surface area contributed by atoms with E-state index < -0.39 is 0 Å². The van der Waals surface area contributed by atoms with Gasteiger partial charge >= 0.3 is 0 Å². The van der Waals surface area contributed by atoms with E-state index in [-0.39, 0.29) is 5.54 Å². The standard InChI is InChI=1S/C13H15BrN2/c1-2-13(9-15,10-3-4-10)16-12-7-5-11(14)6-8-12/h5-8,10,16H,2-4H2,1H3. The first kappa shape index (κ1) is 11.5. The molecule has 2 nitrogen and oxygen atoms in total. The molecule has 1 aromatic carbocycles. The molecule has 0 amide bonds. The van der Waals surface area contributed by atoms with E-state index in [0.29, 0.717) is 5.92 Å². The molecule has 0 saturated heterocycles. The molecular weight excluding hydrogens is 264 g/mol. The third-order valence-electron chi connectivity index (χ3n) is 3.24. The molecule has 0 aromatic heterocycles. The molecule has 1 fully saturated rings. The molecule has 84 valence electrons. The van der Waals surface area contributed by atoms with Gasteiger partial charge in [-0.1, -0.05) is 22.9 Å². The van der Waals surface area contributed by atoms with Crippen LogP contribution in [0.15, 0.2) is 28.7 Å². The second-order valence-corrected chi connectivity index (χ2v) is 5.26. The average molecular weight is 279 g/mol. The molecule has 1 aliphatic rings. The maximum Gasteiger partial charge on any atom is 0.127 e. The van der Waals surface area contributed by atoms with E-state index >= 15 is 0 Å². The first-order chi connectivity index (χ1) is 7.70. The molecule has 1 atom stereocenters. The number of hydrogen-bond donors (Lipinski definition) is 1. The van der Waals surface area contributed by atoms with Crippen LogP contribution in [0, 0.1) is 17.2 Å². The molecule has 0 spiro atoms. The summed E-state index contributed by atoms with van der Waals surface area (Å²) in [5.74, 6) is 0.520. The van der Waals surface area contributed by atoms with Gasteiger partial charge < -0.3 is 5.32 Å². The van der Waals surface area contributed by atoms with Gasteiger partial charge in [0.1, 0.15) is 5.54 Å². The van der Waals surface area contributed by atoms with Gasteiger partial charge in [-0.05, 0) is 49.4 Å². The van der Waals surface area contributed by atoms with Crippen LogP contribution >= 0.6 is 15.9 Å². The Labute approximate surface area is 105 Å². The Bertz CT molecular complexity index is 403. The van der Waals surface area contributed by atoms with Gasteiger partial charge in [0.25, 0.3) is 0 Å². The maximum absolute atomic E-state index is 9.38. The van der Waals surface area contributed by atoms with Gasteiger partial charge in [-0.3, -0.25) is 0 Å². The van der Waals surface area contributed by atoms with Gasteiger partial charge in [0.05, 0.1) is 6.07 Å². The summed E-state index contributed by atoms with van der Waals surface area (Å²) < 4.78 is 1.06. The minimum absolute atomic E-state index is 0.367. The highest BCUT2D eigenvalue weighted by molar-refractivity contribution is 9.10. The predicted molar refractivity (Wildman–Crippen MR) is 69.1 cm³/mol. The van der Waals surface area contributed by atoms with Crippen molar-refractivity contribution in [3.63, 3.8) is 0 Å². The van der Waals surface area contributed by atoms with Gasteiger partial charge in [0.2, 0.25) is 0 Å². The van der Waals surface area contributed by atoms with Crippen molar-refractivity contribution in [2.45, 2.75) is 31.7 Å². The highest BCUT2D eigenvalue weighted by atomic mass is 79.9. The molecule has 1 aliphatic carbocycles. The van der Waals surface area contributed by atoms with Crippen molar-refractivity contribution in [2.75, 3.05) is 5.32 Å². The van der Waals surface area contributed by atoms with Crippen molar-refractivity contribution < 1.29 is 0 Å². The summed E-state index contributed by atoms with van der Waals surface area (Å²) in [6, 6.07) is 10.5. The Morgan fingerprint density at radius 2 is 2.06 bits per heavy atom. The predicted octanol–water partition coefficient (Wildman–Crippen LogP) is 3.94. The van der Waals surface area contributed by atoms with E-state index in [0.717, 1.165) is 16.6 Å². The topological polar surface area (TPSA) is 35.8 Å². The van der Waals surface area contributed by atoms with Crippen LogP contribution in [0.1, 0.15) is 26.2 Å². The summed E-state index contributed by atoms with van der Waals surface area (Å²) in [5.41, 5.74) is 0.659. The molecule has 16 heavy (non-hydrogen) atoms. The fraction of sp³-hybridized carbons (Fsp3) is 0.462. The van der Waals surface area contributed by atoms with Gasteiger partial charge in [0, 0.05) is 10.2 Å². The number of anilines is 1. The molecule has 0 heterocycles. The first-order valence-electron chi connectivity index (χ1n) is 5.65. The number of nitrogens with one attached hydrogen (secondary N) is 1. The second-order valence-electron chi connectivity index (χ2n) is 4.34. The molecule has 0 aliphatic heterocycles. The Kier molecular flexibility index (Phi) is 3.20. The van der Waals surface area contributed by atoms with Crippen LogP contribution in [0.2, 0.25) is 0 Å². The highest BCUT2D eigenvalue weighted by Gasteiger charge is 2.44. The summed E-state index contributed by atoms with van der Waals surface area (Å²) in [4.78, 5) is 0. The lowest BCUT2D eigenvalue weighted by molar-refractivity contribution is 0.499. The van der Waals surface area contributed by atoms with Gasteiger partial charge in [-0.15, -0.1) is 0 Å². The Hall–Kier alpha value is -1.01. The van der Waals surface area contributed by atoms with Crippen molar-refractivity contribution >= 4 is 21.6 Å². The number of rotatable bonds is 4. The van der Waals surface area contributed by atoms with Gasteiger partial charge in [-0.2, -0.15) is 5.26 Å². The molecule has 3 heteroatoms. The molecule has 0 radical (unpaired) electrons. The van der Waals surface area contributed by atoms with Crippen LogP contribution < -0.4 is 5.32 Å². The summed E-state index contributed by atoms with van der Waals surface area (Å²) in [5, 5.41) is 12.8. The van der Waals surface area contributed by atoms with E-state index in [1.165, 1.54) is 12.8 Å². The van der Waals surface area contributed by atoms with Crippen LogP contribution in [0.5, 0.6) is 0 Å². The Morgan fingerprint density at radius 1 is 1.44 bits per heavy atom. The fourth-order valence-electron chi connectivity index (χ4n) is 2.04. The molecule has 0 bridgehead atoms. The smallest absolute Gasteiger partial charge is 0.127 e. The minimum Gasteiger partial charge on any atom is -0.367 e. The minimum atomic E-state index is -0.367. The zero-order valence-corrected chi connectivity index (χ0v) is 10.9. The molecule has 1 N–H and O–H groups in total. The molecule has 1 saturated carbocycles. The SMILES string of the molecule is CCC(C#N)(Nc1ccc(Br)cc1)C1CC1. The third-order valence-corrected chi connectivity index (χ3v) is 3.77. The second kappa shape index (κ2) is 4.47. The molecular formula is C13H15BrN2. The quantitative estimate of drug-likeness (QED) is 0.906. The maximum atomic E-state index is 9.38. The average Bonchev–Trinajstić information content (AvgIpc) is 3.13. The zero-order chi connectivity index (χ0) is 11.6.